The van der Waals surface area contributed by atoms with Crippen molar-refractivity contribution in [2.24, 2.45) is 11.3 Å². The Balaban J connectivity index is 1.24. The van der Waals surface area contributed by atoms with Gasteiger partial charge in [0.2, 0.25) is 5.91 Å². The lowest BCUT2D eigenvalue weighted by Crippen LogP contribution is -2.51. The van der Waals surface area contributed by atoms with Gasteiger partial charge in [0, 0.05) is 31.1 Å². The molecule has 3 heterocycles. The van der Waals surface area contributed by atoms with E-state index in [4.69, 9.17) is 4.98 Å². The predicted molar refractivity (Wildman–Crippen MR) is 108 cm³/mol. The average molecular weight is 380 g/mol. The Hall–Kier alpha value is -2.21. The summed E-state index contributed by atoms with van der Waals surface area (Å²) in [5.74, 6) is 3.02. The van der Waals surface area contributed by atoms with Crippen LogP contribution in [0.25, 0.3) is 11.4 Å². The number of nitrogens with zero attached hydrogens (tertiary/aromatic N) is 3. The number of likely N-dealkylation sites (tertiary alicyclic amines) is 1. The third-order valence-electron chi connectivity index (χ3n) is 7.17. The van der Waals surface area contributed by atoms with Crippen molar-refractivity contribution >= 4 is 5.91 Å². The molecule has 2 atom stereocenters. The highest BCUT2D eigenvalue weighted by Gasteiger charge is 2.51. The first-order chi connectivity index (χ1) is 13.8. The van der Waals surface area contributed by atoms with Crippen molar-refractivity contribution in [1.29, 1.82) is 0 Å². The molecule has 3 aliphatic rings. The van der Waals surface area contributed by atoms with E-state index in [0.717, 1.165) is 62.7 Å². The second-order valence-corrected chi connectivity index (χ2v) is 8.71. The Bertz CT molecular complexity index is 826. The molecule has 28 heavy (non-hydrogen) atoms. The Morgan fingerprint density at radius 2 is 1.93 bits per heavy atom. The highest BCUT2D eigenvalue weighted by atomic mass is 16.2. The highest BCUT2D eigenvalue weighted by molar-refractivity contribution is 5.84. The third-order valence-corrected chi connectivity index (χ3v) is 7.17. The van der Waals surface area contributed by atoms with Gasteiger partial charge in [-0.2, -0.15) is 5.10 Å². The molecule has 2 saturated heterocycles. The van der Waals surface area contributed by atoms with Crippen LogP contribution in [0.4, 0.5) is 0 Å². The van der Waals surface area contributed by atoms with Crippen LogP contribution in [-0.4, -0.2) is 52.2 Å². The summed E-state index contributed by atoms with van der Waals surface area (Å²) in [6.45, 7) is 3.56. The molecule has 1 amide bonds. The number of H-pyrrole nitrogens is 1. The summed E-state index contributed by atoms with van der Waals surface area (Å²) in [6.07, 6.45) is 6.66. The van der Waals surface area contributed by atoms with Crippen LogP contribution in [-0.2, 0) is 4.79 Å². The average Bonchev–Trinajstić information content (AvgIpc) is 3.42. The first-order valence-electron chi connectivity index (χ1n) is 10.7. The summed E-state index contributed by atoms with van der Waals surface area (Å²) in [4.78, 5) is 20.3. The molecule has 5 rings (SSSR count). The molecule has 1 saturated carbocycles. The minimum Gasteiger partial charge on any atom is -0.342 e. The number of rotatable bonds is 3. The van der Waals surface area contributed by atoms with Gasteiger partial charge in [-0.25, -0.2) is 4.98 Å². The normalized spacial score (nSPS) is 28.3. The van der Waals surface area contributed by atoms with E-state index in [2.05, 4.69) is 20.4 Å². The van der Waals surface area contributed by atoms with Crippen LogP contribution < -0.4 is 5.32 Å². The fourth-order valence-electron chi connectivity index (χ4n) is 5.51. The molecule has 0 bridgehead atoms. The zero-order valence-corrected chi connectivity index (χ0v) is 16.4. The number of nitrogens with one attached hydrogen (secondary N) is 2. The number of benzene rings is 1. The van der Waals surface area contributed by atoms with Gasteiger partial charge in [-0.05, 0) is 38.1 Å². The lowest BCUT2D eigenvalue weighted by atomic mass is 9.67. The van der Waals surface area contributed by atoms with Crippen LogP contribution in [0.3, 0.4) is 0 Å². The summed E-state index contributed by atoms with van der Waals surface area (Å²) in [7, 11) is 0. The van der Waals surface area contributed by atoms with Crippen molar-refractivity contribution in [1.82, 2.24) is 25.4 Å². The van der Waals surface area contributed by atoms with Gasteiger partial charge in [0.05, 0.1) is 5.41 Å². The second-order valence-electron chi connectivity index (χ2n) is 8.71. The minimum absolute atomic E-state index is 0.127. The summed E-state index contributed by atoms with van der Waals surface area (Å²) in [5, 5.41) is 11.1. The van der Waals surface area contributed by atoms with Gasteiger partial charge in [-0.3, -0.25) is 9.89 Å². The molecule has 2 aromatic rings. The Morgan fingerprint density at radius 3 is 2.75 bits per heavy atom. The number of hydrogen-bond acceptors (Lipinski definition) is 4. The predicted octanol–water partition coefficient (Wildman–Crippen LogP) is 2.96. The summed E-state index contributed by atoms with van der Waals surface area (Å²) in [5.41, 5.74) is 0.909. The summed E-state index contributed by atoms with van der Waals surface area (Å²) < 4.78 is 0. The fraction of sp³-hybridized carbons (Fsp3) is 0.591. The molecule has 1 aliphatic carbocycles. The van der Waals surface area contributed by atoms with Crippen molar-refractivity contribution in [2.45, 2.75) is 44.4 Å². The van der Waals surface area contributed by atoms with E-state index in [0.29, 0.717) is 17.7 Å². The van der Waals surface area contributed by atoms with E-state index in [1.54, 1.807) is 0 Å². The topological polar surface area (TPSA) is 73.9 Å². The van der Waals surface area contributed by atoms with E-state index < -0.39 is 0 Å². The molecular formula is C22H29N5O. The van der Waals surface area contributed by atoms with Crippen LogP contribution in [0.5, 0.6) is 0 Å². The number of fused-ring (bicyclic) bond motifs is 1. The number of amides is 1. The van der Waals surface area contributed by atoms with Gasteiger partial charge in [-0.15, -0.1) is 0 Å². The Morgan fingerprint density at radius 1 is 1.11 bits per heavy atom. The fourth-order valence-corrected chi connectivity index (χ4v) is 5.51. The molecule has 0 unspecified atom stereocenters. The maximum Gasteiger partial charge on any atom is 0.230 e. The van der Waals surface area contributed by atoms with Crippen LogP contribution in [0.1, 0.15) is 50.3 Å². The largest absolute Gasteiger partial charge is 0.342 e. The number of carbonyl (C=O) groups excluding carboxylic acids is 1. The van der Waals surface area contributed by atoms with Crippen molar-refractivity contribution < 1.29 is 4.79 Å². The Labute approximate surface area is 166 Å². The van der Waals surface area contributed by atoms with Gasteiger partial charge in [-0.1, -0.05) is 43.2 Å². The van der Waals surface area contributed by atoms with Crippen LogP contribution in [0.2, 0.25) is 0 Å². The molecule has 3 fully saturated rings. The maximum atomic E-state index is 13.4. The van der Waals surface area contributed by atoms with Gasteiger partial charge in [0.25, 0.3) is 0 Å². The zero-order chi connectivity index (χ0) is 19.0. The molecule has 148 valence electrons. The first kappa shape index (κ1) is 17.9. The molecular weight excluding hydrogens is 350 g/mol. The highest BCUT2D eigenvalue weighted by Crippen LogP contribution is 2.45. The maximum absolute atomic E-state index is 13.4. The smallest absolute Gasteiger partial charge is 0.230 e. The number of aromatic nitrogens is 3. The van der Waals surface area contributed by atoms with E-state index in [9.17, 15) is 4.79 Å². The monoisotopic (exact) mass is 379 g/mol. The molecule has 6 nitrogen and oxygen atoms in total. The molecule has 1 aromatic heterocycles. The van der Waals surface area contributed by atoms with Gasteiger partial charge in [0.1, 0.15) is 5.82 Å². The molecule has 6 heteroatoms. The third kappa shape index (κ3) is 3.04. The lowest BCUT2D eigenvalue weighted by molar-refractivity contribution is -0.146. The summed E-state index contributed by atoms with van der Waals surface area (Å²) >= 11 is 0. The molecule has 0 spiro atoms. The zero-order valence-electron chi connectivity index (χ0n) is 16.4. The molecule has 2 N–H and O–H groups in total. The van der Waals surface area contributed by atoms with Crippen molar-refractivity contribution in [3.63, 3.8) is 0 Å². The van der Waals surface area contributed by atoms with Gasteiger partial charge < -0.3 is 10.2 Å². The molecule has 0 radical (unpaired) electrons. The number of carbonyl (C=O) groups is 1. The standard InChI is InChI=1S/C22H29N5O/c28-21(22-11-5-4-8-18(22)14-23-15-22)27-12-9-17(10-13-27)20-24-19(25-26-20)16-6-2-1-3-7-16/h1-3,6-7,17-18,23H,4-5,8-15H2,(H,24,25,26)/t18-,22+/m0/s1. The van der Waals surface area contributed by atoms with Crippen LogP contribution in [0, 0.1) is 11.3 Å². The van der Waals surface area contributed by atoms with Crippen molar-refractivity contribution in [3.05, 3.63) is 36.2 Å². The number of piperidine rings is 1. The quantitative estimate of drug-likeness (QED) is 0.860. The summed E-state index contributed by atoms with van der Waals surface area (Å²) in [6, 6.07) is 10.1. The molecule has 1 aromatic carbocycles. The van der Waals surface area contributed by atoms with Crippen LogP contribution >= 0.6 is 0 Å². The van der Waals surface area contributed by atoms with Crippen molar-refractivity contribution in [2.75, 3.05) is 26.2 Å². The van der Waals surface area contributed by atoms with E-state index in [1.165, 1.54) is 19.3 Å². The first-order valence-corrected chi connectivity index (χ1v) is 10.7. The minimum atomic E-state index is -0.127. The molecule has 2 aliphatic heterocycles. The Kier molecular flexibility index (Phi) is 4.67. The van der Waals surface area contributed by atoms with E-state index in [-0.39, 0.29) is 5.41 Å². The van der Waals surface area contributed by atoms with Gasteiger partial charge >= 0.3 is 0 Å². The van der Waals surface area contributed by atoms with E-state index >= 15 is 0 Å². The number of aromatic amines is 1. The lowest BCUT2D eigenvalue weighted by Gasteiger charge is -2.42. The van der Waals surface area contributed by atoms with Crippen molar-refractivity contribution in [3.8, 4) is 11.4 Å². The SMILES string of the molecule is O=C(N1CCC(c2nc(-c3ccccc3)n[nH]2)CC1)[C@@]12CCCC[C@H]1CNC2. The van der Waals surface area contributed by atoms with Gasteiger partial charge in [0.15, 0.2) is 5.82 Å². The second kappa shape index (κ2) is 7.32. The van der Waals surface area contributed by atoms with E-state index in [1.807, 2.05) is 30.3 Å². The van der Waals surface area contributed by atoms with Crippen LogP contribution in [0.15, 0.2) is 30.3 Å². The number of hydrogen-bond donors (Lipinski definition) is 2.